The van der Waals surface area contributed by atoms with Gasteiger partial charge in [0.25, 0.3) is 0 Å². The number of nitrogens with one attached hydrogen (secondary N) is 2. The molecule has 2 saturated heterocycles. The molecule has 2 unspecified atom stereocenters. The lowest BCUT2D eigenvalue weighted by atomic mass is 9.94. The molecule has 33 heavy (non-hydrogen) atoms. The van der Waals surface area contributed by atoms with E-state index >= 15 is 0 Å². The third-order valence-electron chi connectivity index (χ3n) is 6.79. The first kappa shape index (κ1) is 23.5. The second kappa shape index (κ2) is 10.9. The van der Waals surface area contributed by atoms with Gasteiger partial charge < -0.3 is 15.1 Å². The molecular formula is C27H36N4O2. The van der Waals surface area contributed by atoms with Crippen molar-refractivity contribution < 1.29 is 9.59 Å². The number of hydrogen-bond donors (Lipinski definition) is 2. The summed E-state index contributed by atoms with van der Waals surface area (Å²) in [6.07, 6.45) is 1.50. The fourth-order valence-corrected chi connectivity index (χ4v) is 5.16. The first-order valence-corrected chi connectivity index (χ1v) is 12.2. The molecule has 2 aliphatic heterocycles. The van der Waals surface area contributed by atoms with Crippen LogP contribution in [0.25, 0.3) is 0 Å². The summed E-state index contributed by atoms with van der Waals surface area (Å²) in [5.74, 6) is 0.386. The number of hydrogen-bond acceptors (Lipinski definition) is 4. The maximum atomic E-state index is 13.0. The molecular weight excluding hydrogens is 412 g/mol. The molecule has 2 aliphatic rings. The van der Waals surface area contributed by atoms with Gasteiger partial charge in [0.2, 0.25) is 11.8 Å². The molecule has 0 bridgehead atoms. The second-order valence-electron chi connectivity index (χ2n) is 9.50. The van der Waals surface area contributed by atoms with Crippen LogP contribution in [0.15, 0.2) is 60.7 Å². The number of likely N-dealkylation sites (tertiary alicyclic amines) is 1. The summed E-state index contributed by atoms with van der Waals surface area (Å²) in [6, 6.07) is 21.1. The number of carbonyl (C=O) groups excluding carboxylic acids is 2. The van der Waals surface area contributed by atoms with Crippen molar-refractivity contribution in [2.24, 2.45) is 5.92 Å². The highest BCUT2D eigenvalue weighted by atomic mass is 16.2. The van der Waals surface area contributed by atoms with E-state index in [1.54, 1.807) is 0 Å². The van der Waals surface area contributed by atoms with Gasteiger partial charge in [0.1, 0.15) is 0 Å². The molecule has 2 aromatic rings. The standard InChI is InChI=1S/C27H36N4O2/c1-20-18-31(19-21(2)29-20)27(33)24-13-15-30(16-14-24)25(32)17-28-26(22-9-5-3-6-10-22)23-11-7-4-8-12-23/h3-12,20-21,24,26,28-29H,13-19H2,1-2H3. The topological polar surface area (TPSA) is 64.7 Å². The van der Waals surface area contributed by atoms with Gasteiger partial charge in [-0.25, -0.2) is 0 Å². The maximum Gasteiger partial charge on any atom is 0.236 e. The molecule has 0 spiro atoms. The molecule has 0 aromatic heterocycles. The molecule has 0 aliphatic carbocycles. The van der Waals surface area contributed by atoms with Crippen LogP contribution >= 0.6 is 0 Å². The predicted octanol–water partition coefficient (Wildman–Crippen LogP) is 2.81. The van der Waals surface area contributed by atoms with Gasteiger partial charge in [-0.15, -0.1) is 0 Å². The number of piperazine rings is 1. The molecule has 176 valence electrons. The number of piperidine rings is 1. The van der Waals surface area contributed by atoms with E-state index < -0.39 is 0 Å². The van der Waals surface area contributed by atoms with Crippen LogP contribution in [0.3, 0.4) is 0 Å². The zero-order valence-corrected chi connectivity index (χ0v) is 19.7. The van der Waals surface area contributed by atoms with Gasteiger partial charge in [0.15, 0.2) is 0 Å². The summed E-state index contributed by atoms with van der Waals surface area (Å²) in [7, 11) is 0. The molecule has 4 rings (SSSR count). The van der Waals surface area contributed by atoms with Crippen LogP contribution in [0.1, 0.15) is 43.9 Å². The number of benzene rings is 2. The highest BCUT2D eigenvalue weighted by Gasteiger charge is 2.33. The number of nitrogens with zero attached hydrogens (tertiary/aromatic N) is 2. The van der Waals surface area contributed by atoms with Crippen LogP contribution < -0.4 is 10.6 Å². The Bertz CT molecular complexity index is 863. The van der Waals surface area contributed by atoms with Gasteiger partial charge in [-0.3, -0.25) is 14.9 Å². The van der Waals surface area contributed by atoms with Crippen molar-refractivity contribution in [3.05, 3.63) is 71.8 Å². The minimum absolute atomic E-state index is 0.0286. The van der Waals surface area contributed by atoms with Gasteiger partial charge in [-0.1, -0.05) is 60.7 Å². The van der Waals surface area contributed by atoms with Crippen LogP contribution in [-0.2, 0) is 9.59 Å². The summed E-state index contributed by atoms with van der Waals surface area (Å²) in [6.45, 7) is 7.37. The summed E-state index contributed by atoms with van der Waals surface area (Å²) < 4.78 is 0. The predicted molar refractivity (Wildman–Crippen MR) is 131 cm³/mol. The van der Waals surface area contributed by atoms with Gasteiger partial charge in [-0.2, -0.15) is 0 Å². The molecule has 0 radical (unpaired) electrons. The van der Waals surface area contributed by atoms with Crippen molar-refractivity contribution >= 4 is 11.8 Å². The van der Waals surface area contributed by atoms with Crippen molar-refractivity contribution in [3.8, 4) is 0 Å². The maximum absolute atomic E-state index is 13.0. The monoisotopic (exact) mass is 448 g/mol. The zero-order chi connectivity index (χ0) is 23.2. The molecule has 2 aromatic carbocycles. The third-order valence-corrected chi connectivity index (χ3v) is 6.79. The largest absolute Gasteiger partial charge is 0.342 e. The van der Waals surface area contributed by atoms with E-state index in [-0.39, 0.29) is 30.3 Å². The Morgan fingerprint density at radius 1 is 0.879 bits per heavy atom. The first-order valence-electron chi connectivity index (χ1n) is 12.2. The molecule has 2 atom stereocenters. The second-order valence-corrected chi connectivity index (χ2v) is 9.50. The van der Waals surface area contributed by atoms with E-state index in [4.69, 9.17) is 0 Å². The summed E-state index contributed by atoms with van der Waals surface area (Å²) in [5, 5.41) is 6.95. The van der Waals surface area contributed by atoms with Crippen molar-refractivity contribution in [1.29, 1.82) is 0 Å². The molecule has 2 fully saturated rings. The van der Waals surface area contributed by atoms with E-state index in [0.717, 1.165) is 37.1 Å². The van der Waals surface area contributed by atoms with Crippen molar-refractivity contribution in [3.63, 3.8) is 0 Å². The molecule has 2 N–H and O–H groups in total. The Morgan fingerprint density at radius 3 is 1.91 bits per heavy atom. The summed E-state index contributed by atoms with van der Waals surface area (Å²) >= 11 is 0. The molecule has 6 nitrogen and oxygen atoms in total. The molecule has 2 amide bonds. The number of rotatable bonds is 6. The lowest BCUT2D eigenvalue weighted by molar-refractivity contribution is -0.141. The average molecular weight is 449 g/mol. The fourth-order valence-electron chi connectivity index (χ4n) is 5.16. The first-order chi connectivity index (χ1) is 16.0. The van der Waals surface area contributed by atoms with Gasteiger partial charge >= 0.3 is 0 Å². The van der Waals surface area contributed by atoms with Crippen LogP contribution in [0.5, 0.6) is 0 Å². The van der Waals surface area contributed by atoms with E-state index in [1.165, 1.54) is 0 Å². The molecule has 6 heteroatoms. The Balaban J connectivity index is 1.31. The molecule has 2 heterocycles. The summed E-state index contributed by atoms with van der Waals surface area (Å²) in [4.78, 5) is 29.9. The summed E-state index contributed by atoms with van der Waals surface area (Å²) in [5.41, 5.74) is 2.28. The van der Waals surface area contributed by atoms with Crippen molar-refractivity contribution in [2.75, 3.05) is 32.7 Å². The number of carbonyl (C=O) groups is 2. The molecule has 0 saturated carbocycles. The van der Waals surface area contributed by atoms with E-state index in [9.17, 15) is 9.59 Å². The Hall–Kier alpha value is -2.70. The van der Waals surface area contributed by atoms with Crippen molar-refractivity contribution in [1.82, 2.24) is 20.4 Å². The van der Waals surface area contributed by atoms with Crippen LogP contribution in [0, 0.1) is 5.92 Å². The fraction of sp³-hybridized carbons (Fsp3) is 0.481. The average Bonchev–Trinajstić information content (AvgIpc) is 2.84. The van der Waals surface area contributed by atoms with Crippen LogP contribution in [0.2, 0.25) is 0 Å². The minimum atomic E-state index is -0.0350. The van der Waals surface area contributed by atoms with Gasteiger partial charge in [0.05, 0.1) is 12.6 Å². The Kier molecular flexibility index (Phi) is 7.78. The van der Waals surface area contributed by atoms with E-state index in [2.05, 4.69) is 48.7 Å². The normalized spacial score (nSPS) is 21.9. The zero-order valence-electron chi connectivity index (χ0n) is 19.7. The van der Waals surface area contributed by atoms with E-state index in [1.807, 2.05) is 46.2 Å². The van der Waals surface area contributed by atoms with Gasteiger partial charge in [0, 0.05) is 44.2 Å². The SMILES string of the molecule is CC1CN(C(=O)C2CCN(C(=O)CNC(c3ccccc3)c3ccccc3)CC2)CC(C)N1. The smallest absolute Gasteiger partial charge is 0.236 e. The lowest BCUT2D eigenvalue weighted by Gasteiger charge is -2.40. The highest BCUT2D eigenvalue weighted by Crippen LogP contribution is 2.23. The van der Waals surface area contributed by atoms with Crippen molar-refractivity contribution in [2.45, 2.75) is 44.8 Å². The van der Waals surface area contributed by atoms with Crippen LogP contribution in [0.4, 0.5) is 0 Å². The Labute approximate surface area is 197 Å². The van der Waals surface area contributed by atoms with Crippen LogP contribution in [-0.4, -0.2) is 66.4 Å². The quantitative estimate of drug-likeness (QED) is 0.713. The lowest BCUT2D eigenvalue weighted by Crippen LogP contribution is -2.57. The number of amides is 2. The third kappa shape index (κ3) is 6.01. The Morgan fingerprint density at radius 2 is 1.39 bits per heavy atom. The highest BCUT2D eigenvalue weighted by molar-refractivity contribution is 5.81. The minimum Gasteiger partial charge on any atom is -0.342 e. The van der Waals surface area contributed by atoms with E-state index in [0.29, 0.717) is 25.2 Å². The van der Waals surface area contributed by atoms with Gasteiger partial charge in [-0.05, 0) is 37.8 Å².